The van der Waals surface area contributed by atoms with Crippen molar-refractivity contribution < 1.29 is 5.11 Å². The standard InChI is InChI=1S/C16H19NO2/c1-5-13-11(3)9-15(18)17(16(13)19)14-7-6-10(2)8-12(14)4/h6-9,19H,5H2,1-4H3. The maximum Gasteiger partial charge on any atom is 0.258 e. The zero-order chi connectivity index (χ0) is 14.2. The minimum absolute atomic E-state index is 0.0550. The van der Waals surface area contributed by atoms with E-state index in [-0.39, 0.29) is 11.4 Å². The molecule has 100 valence electrons. The van der Waals surface area contributed by atoms with E-state index in [1.165, 1.54) is 4.57 Å². The molecule has 0 saturated carbocycles. The van der Waals surface area contributed by atoms with Gasteiger partial charge in [-0.15, -0.1) is 0 Å². The van der Waals surface area contributed by atoms with Crippen LogP contribution < -0.4 is 5.56 Å². The molecule has 0 aliphatic rings. The van der Waals surface area contributed by atoms with E-state index in [0.717, 1.165) is 27.9 Å². The molecule has 19 heavy (non-hydrogen) atoms. The summed E-state index contributed by atoms with van der Waals surface area (Å²) in [5, 5.41) is 10.4. The van der Waals surface area contributed by atoms with Gasteiger partial charge >= 0.3 is 0 Å². The third-order valence-electron chi connectivity index (χ3n) is 3.46. The Labute approximate surface area is 113 Å². The monoisotopic (exact) mass is 257 g/mol. The zero-order valence-corrected chi connectivity index (χ0v) is 11.8. The Morgan fingerprint density at radius 2 is 1.79 bits per heavy atom. The highest BCUT2D eigenvalue weighted by atomic mass is 16.3. The third-order valence-corrected chi connectivity index (χ3v) is 3.46. The topological polar surface area (TPSA) is 42.2 Å². The van der Waals surface area contributed by atoms with E-state index in [4.69, 9.17) is 0 Å². The summed E-state index contributed by atoms with van der Waals surface area (Å²) in [6.45, 7) is 7.77. The highest BCUT2D eigenvalue weighted by Crippen LogP contribution is 2.24. The molecule has 1 aromatic carbocycles. The van der Waals surface area contributed by atoms with E-state index in [1.54, 1.807) is 6.07 Å². The van der Waals surface area contributed by atoms with Gasteiger partial charge in [0.1, 0.15) is 0 Å². The molecule has 0 fully saturated rings. The largest absolute Gasteiger partial charge is 0.494 e. The third kappa shape index (κ3) is 2.28. The Hall–Kier alpha value is -2.03. The first kappa shape index (κ1) is 13.4. The Morgan fingerprint density at radius 1 is 1.11 bits per heavy atom. The van der Waals surface area contributed by atoms with E-state index in [9.17, 15) is 9.90 Å². The first-order valence-electron chi connectivity index (χ1n) is 6.47. The average Bonchev–Trinajstić information content (AvgIpc) is 2.31. The molecule has 0 amide bonds. The van der Waals surface area contributed by atoms with E-state index in [1.807, 2.05) is 45.9 Å². The Balaban J connectivity index is 2.79. The number of hydrogen-bond acceptors (Lipinski definition) is 2. The lowest BCUT2D eigenvalue weighted by Gasteiger charge is -2.15. The van der Waals surface area contributed by atoms with Crippen LogP contribution in [0, 0.1) is 20.8 Å². The van der Waals surface area contributed by atoms with Crippen molar-refractivity contribution in [3.8, 4) is 11.6 Å². The molecule has 0 aliphatic carbocycles. The minimum atomic E-state index is -0.195. The van der Waals surface area contributed by atoms with Crippen LogP contribution in [0.4, 0.5) is 0 Å². The Kier molecular flexibility index (Phi) is 3.47. The molecule has 1 aromatic heterocycles. The lowest BCUT2D eigenvalue weighted by Crippen LogP contribution is -2.20. The fourth-order valence-corrected chi connectivity index (χ4v) is 2.48. The summed E-state index contributed by atoms with van der Waals surface area (Å²) in [6.07, 6.45) is 0.697. The van der Waals surface area contributed by atoms with Crippen LogP contribution in [-0.2, 0) is 6.42 Å². The van der Waals surface area contributed by atoms with Gasteiger partial charge < -0.3 is 5.11 Å². The number of aromatic hydroxyl groups is 1. The van der Waals surface area contributed by atoms with Crippen LogP contribution in [-0.4, -0.2) is 9.67 Å². The molecule has 3 heteroatoms. The first-order chi connectivity index (χ1) is 8.95. The zero-order valence-electron chi connectivity index (χ0n) is 11.8. The summed E-state index contributed by atoms with van der Waals surface area (Å²) in [7, 11) is 0. The maximum atomic E-state index is 12.2. The van der Waals surface area contributed by atoms with Crippen LogP contribution >= 0.6 is 0 Å². The molecule has 0 bridgehead atoms. The van der Waals surface area contributed by atoms with Crippen molar-refractivity contribution in [1.82, 2.24) is 4.57 Å². The van der Waals surface area contributed by atoms with Gasteiger partial charge in [0, 0.05) is 11.6 Å². The maximum absolute atomic E-state index is 12.2. The van der Waals surface area contributed by atoms with Crippen molar-refractivity contribution in [2.75, 3.05) is 0 Å². The van der Waals surface area contributed by atoms with Crippen LogP contribution in [0.25, 0.3) is 5.69 Å². The summed E-state index contributed by atoms with van der Waals surface area (Å²) in [6, 6.07) is 7.41. The first-order valence-corrected chi connectivity index (χ1v) is 6.47. The van der Waals surface area contributed by atoms with Gasteiger partial charge in [0.2, 0.25) is 5.88 Å². The summed E-state index contributed by atoms with van der Waals surface area (Å²) >= 11 is 0. The van der Waals surface area contributed by atoms with Gasteiger partial charge in [-0.25, -0.2) is 4.57 Å². The van der Waals surface area contributed by atoms with Gasteiger partial charge in [-0.05, 0) is 44.4 Å². The van der Waals surface area contributed by atoms with Crippen LogP contribution in [0.2, 0.25) is 0 Å². The predicted molar refractivity (Wildman–Crippen MR) is 77.3 cm³/mol. The number of nitrogens with zero attached hydrogens (tertiary/aromatic N) is 1. The number of benzene rings is 1. The quantitative estimate of drug-likeness (QED) is 0.898. The molecule has 1 heterocycles. The van der Waals surface area contributed by atoms with Gasteiger partial charge in [0.15, 0.2) is 0 Å². The van der Waals surface area contributed by atoms with Crippen molar-refractivity contribution in [2.24, 2.45) is 0 Å². The van der Waals surface area contributed by atoms with Crippen LogP contribution in [0.15, 0.2) is 29.1 Å². The SMILES string of the molecule is CCc1c(C)cc(=O)n(-c2ccc(C)cc2C)c1O. The second kappa shape index (κ2) is 4.92. The summed E-state index contributed by atoms with van der Waals surface area (Å²) in [5.41, 5.74) is 4.31. The molecule has 3 nitrogen and oxygen atoms in total. The number of pyridine rings is 1. The minimum Gasteiger partial charge on any atom is -0.494 e. The molecular weight excluding hydrogens is 238 g/mol. The molecule has 0 radical (unpaired) electrons. The normalized spacial score (nSPS) is 10.7. The number of rotatable bonds is 2. The number of aromatic nitrogens is 1. The summed E-state index contributed by atoms with van der Waals surface area (Å²) in [4.78, 5) is 12.2. The van der Waals surface area contributed by atoms with Gasteiger partial charge in [-0.2, -0.15) is 0 Å². The fourth-order valence-electron chi connectivity index (χ4n) is 2.48. The van der Waals surface area contributed by atoms with Gasteiger partial charge in [-0.3, -0.25) is 4.79 Å². The second-order valence-electron chi connectivity index (χ2n) is 4.95. The average molecular weight is 257 g/mol. The van der Waals surface area contributed by atoms with Crippen molar-refractivity contribution in [3.63, 3.8) is 0 Å². The second-order valence-corrected chi connectivity index (χ2v) is 4.95. The van der Waals surface area contributed by atoms with Crippen LogP contribution in [0.5, 0.6) is 5.88 Å². The number of aryl methyl sites for hydroxylation is 3. The van der Waals surface area contributed by atoms with E-state index >= 15 is 0 Å². The molecule has 2 aromatic rings. The van der Waals surface area contributed by atoms with Gasteiger partial charge in [0.05, 0.1) is 5.69 Å². The Morgan fingerprint density at radius 3 is 2.37 bits per heavy atom. The van der Waals surface area contributed by atoms with Crippen molar-refractivity contribution >= 4 is 0 Å². The molecule has 2 rings (SSSR count). The van der Waals surface area contributed by atoms with Crippen LogP contribution in [0.3, 0.4) is 0 Å². The van der Waals surface area contributed by atoms with E-state index in [0.29, 0.717) is 6.42 Å². The van der Waals surface area contributed by atoms with E-state index in [2.05, 4.69) is 0 Å². The van der Waals surface area contributed by atoms with Crippen molar-refractivity contribution in [3.05, 3.63) is 56.9 Å². The predicted octanol–water partition coefficient (Wildman–Crippen LogP) is 3.03. The van der Waals surface area contributed by atoms with E-state index < -0.39 is 0 Å². The van der Waals surface area contributed by atoms with Crippen molar-refractivity contribution in [1.29, 1.82) is 0 Å². The molecule has 0 spiro atoms. The fraction of sp³-hybridized carbons (Fsp3) is 0.312. The smallest absolute Gasteiger partial charge is 0.258 e. The lowest BCUT2D eigenvalue weighted by molar-refractivity contribution is 0.427. The molecule has 0 saturated heterocycles. The lowest BCUT2D eigenvalue weighted by atomic mass is 10.1. The Bertz CT molecular complexity index is 684. The van der Waals surface area contributed by atoms with Crippen molar-refractivity contribution in [2.45, 2.75) is 34.1 Å². The summed E-state index contributed by atoms with van der Waals surface area (Å²) in [5.74, 6) is 0.0550. The molecule has 0 aliphatic heterocycles. The molecule has 0 atom stereocenters. The molecule has 0 unspecified atom stereocenters. The van der Waals surface area contributed by atoms with Gasteiger partial charge in [0.25, 0.3) is 5.56 Å². The summed E-state index contributed by atoms with van der Waals surface area (Å²) < 4.78 is 1.39. The highest BCUT2D eigenvalue weighted by Gasteiger charge is 2.14. The van der Waals surface area contributed by atoms with Gasteiger partial charge in [-0.1, -0.05) is 24.6 Å². The number of hydrogen-bond donors (Lipinski definition) is 1. The van der Waals surface area contributed by atoms with Crippen LogP contribution in [0.1, 0.15) is 29.2 Å². The molecular formula is C16H19NO2. The highest BCUT2D eigenvalue weighted by molar-refractivity contribution is 5.48. The molecule has 1 N–H and O–H groups in total.